The highest BCUT2D eigenvalue weighted by molar-refractivity contribution is 8.01. The Morgan fingerprint density at radius 1 is 1.47 bits per heavy atom. The summed E-state index contributed by atoms with van der Waals surface area (Å²) in [5.41, 5.74) is 1.42. The lowest BCUT2D eigenvalue weighted by molar-refractivity contribution is -0.136. The number of carbonyl (C=O) groups is 1. The van der Waals surface area contributed by atoms with E-state index in [1.165, 1.54) is 23.1 Å². The monoisotopic (exact) mass is 267 g/mol. The Bertz CT molecular complexity index is 542. The van der Waals surface area contributed by atoms with E-state index in [1.807, 2.05) is 6.92 Å². The molecule has 7 heteroatoms. The lowest BCUT2D eigenvalue weighted by Gasteiger charge is -1.98. The van der Waals surface area contributed by atoms with Gasteiger partial charge in [-0.3, -0.25) is 9.78 Å². The van der Waals surface area contributed by atoms with Gasteiger partial charge in [0.2, 0.25) is 0 Å². The van der Waals surface area contributed by atoms with E-state index in [2.05, 4.69) is 15.0 Å². The van der Waals surface area contributed by atoms with Gasteiger partial charge in [-0.15, -0.1) is 11.3 Å². The molecule has 88 valence electrons. The van der Waals surface area contributed by atoms with Crippen molar-refractivity contribution in [1.82, 2.24) is 15.0 Å². The molecule has 0 saturated carbocycles. The smallest absolute Gasteiger partial charge is 0.309 e. The maximum absolute atomic E-state index is 10.5. The van der Waals surface area contributed by atoms with Crippen molar-refractivity contribution in [2.24, 2.45) is 0 Å². The number of aromatic nitrogens is 3. The van der Waals surface area contributed by atoms with Crippen LogP contribution >= 0.6 is 23.1 Å². The molecule has 5 nitrogen and oxygen atoms in total. The first kappa shape index (κ1) is 12.0. The van der Waals surface area contributed by atoms with Crippen LogP contribution in [0, 0.1) is 6.92 Å². The Balaban J connectivity index is 2.12. The van der Waals surface area contributed by atoms with Crippen LogP contribution < -0.4 is 0 Å². The predicted octanol–water partition coefficient (Wildman–Crippen LogP) is 2.02. The van der Waals surface area contributed by atoms with Crippen LogP contribution in [0.15, 0.2) is 27.1 Å². The minimum atomic E-state index is -0.873. The van der Waals surface area contributed by atoms with Gasteiger partial charge in [0, 0.05) is 17.8 Å². The van der Waals surface area contributed by atoms with Gasteiger partial charge in [0.15, 0.2) is 4.34 Å². The second-order valence-electron chi connectivity index (χ2n) is 3.22. The summed E-state index contributed by atoms with van der Waals surface area (Å²) in [5.74, 6) is -0.873. The largest absolute Gasteiger partial charge is 0.481 e. The normalized spacial score (nSPS) is 10.4. The van der Waals surface area contributed by atoms with E-state index in [1.54, 1.807) is 17.8 Å². The number of aryl methyl sites for hydroxylation is 1. The van der Waals surface area contributed by atoms with E-state index in [0.717, 1.165) is 15.1 Å². The zero-order valence-corrected chi connectivity index (χ0v) is 10.6. The van der Waals surface area contributed by atoms with E-state index < -0.39 is 5.97 Å². The summed E-state index contributed by atoms with van der Waals surface area (Å²) in [6, 6.07) is 0. The average Bonchev–Trinajstić information content (AvgIpc) is 2.68. The Morgan fingerprint density at radius 3 is 2.94 bits per heavy atom. The topological polar surface area (TPSA) is 76.0 Å². The number of nitrogens with zero attached hydrogens (tertiary/aromatic N) is 3. The fraction of sp³-hybridized carbons (Fsp3) is 0.200. The molecule has 0 aromatic carbocycles. The number of carboxylic acids is 1. The van der Waals surface area contributed by atoms with Crippen LogP contribution in [0.4, 0.5) is 0 Å². The van der Waals surface area contributed by atoms with E-state index in [-0.39, 0.29) is 6.42 Å². The van der Waals surface area contributed by atoms with Crippen molar-refractivity contribution in [1.29, 1.82) is 0 Å². The second-order valence-corrected chi connectivity index (χ2v) is 5.32. The number of rotatable bonds is 4. The first-order valence-corrected chi connectivity index (χ1v) is 6.46. The van der Waals surface area contributed by atoms with Crippen molar-refractivity contribution < 1.29 is 9.90 Å². The maximum atomic E-state index is 10.5. The van der Waals surface area contributed by atoms with Gasteiger partial charge >= 0.3 is 5.97 Å². The molecule has 1 N–H and O–H groups in total. The first-order valence-electron chi connectivity index (χ1n) is 4.77. The molecule has 2 rings (SSSR count). The van der Waals surface area contributed by atoms with Crippen LogP contribution in [0.3, 0.4) is 0 Å². The molecule has 0 saturated heterocycles. The van der Waals surface area contributed by atoms with Crippen molar-refractivity contribution in [2.75, 3.05) is 0 Å². The summed E-state index contributed by atoms with van der Waals surface area (Å²) in [5, 5.41) is 11.2. The Morgan fingerprint density at radius 2 is 2.24 bits per heavy atom. The third kappa shape index (κ3) is 3.24. The van der Waals surface area contributed by atoms with Crippen LogP contribution in [-0.2, 0) is 11.2 Å². The van der Waals surface area contributed by atoms with Gasteiger partial charge in [-0.2, -0.15) is 0 Å². The molecule has 0 fully saturated rings. The lowest BCUT2D eigenvalue weighted by atomic mass is 10.3. The average molecular weight is 267 g/mol. The van der Waals surface area contributed by atoms with Gasteiger partial charge in [-0.25, -0.2) is 9.97 Å². The summed E-state index contributed by atoms with van der Waals surface area (Å²) in [4.78, 5) is 23.1. The molecule has 0 unspecified atom stereocenters. The summed E-state index contributed by atoms with van der Waals surface area (Å²) >= 11 is 2.82. The van der Waals surface area contributed by atoms with Crippen LogP contribution in [0.25, 0.3) is 0 Å². The van der Waals surface area contributed by atoms with Gasteiger partial charge in [-0.05, 0) is 18.7 Å². The minimum Gasteiger partial charge on any atom is -0.481 e. The van der Waals surface area contributed by atoms with Crippen molar-refractivity contribution in [3.8, 4) is 0 Å². The van der Waals surface area contributed by atoms with E-state index >= 15 is 0 Å². The Hall–Kier alpha value is -1.47. The molecule has 0 spiro atoms. The van der Waals surface area contributed by atoms with Gasteiger partial charge in [0.25, 0.3) is 0 Å². The fourth-order valence-corrected chi connectivity index (χ4v) is 2.91. The molecule has 0 bridgehead atoms. The molecule has 2 aromatic rings. The fourth-order valence-electron chi connectivity index (χ4n) is 1.15. The quantitative estimate of drug-likeness (QED) is 0.913. The number of hydrogen-bond donors (Lipinski definition) is 1. The van der Waals surface area contributed by atoms with E-state index in [9.17, 15) is 4.79 Å². The standard InChI is InChI=1S/C10H9N3O2S2/c1-6-9(12-3-2-11-6)17-10-13-7(5-16-10)4-8(14)15/h2-3,5H,4H2,1H3,(H,14,15). The minimum absolute atomic E-state index is 0.0451. The number of carboxylic acid groups (broad SMARTS) is 1. The van der Waals surface area contributed by atoms with Gasteiger partial charge in [0.05, 0.1) is 17.8 Å². The molecule has 2 heterocycles. The van der Waals surface area contributed by atoms with Gasteiger partial charge in [0.1, 0.15) is 5.03 Å². The number of aliphatic carboxylic acids is 1. The van der Waals surface area contributed by atoms with Gasteiger partial charge in [-0.1, -0.05) is 0 Å². The highest BCUT2D eigenvalue weighted by Gasteiger charge is 2.09. The summed E-state index contributed by atoms with van der Waals surface area (Å²) < 4.78 is 0.782. The molecule has 0 aliphatic carbocycles. The number of hydrogen-bond acceptors (Lipinski definition) is 6. The van der Waals surface area contributed by atoms with Crippen molar-refractivity contribution in [3.63, 3.8) is 0 Å². The molecule has 2 aromatic heterocycles. The molecule has 0 aliphatic rings. The van der Waals surface area contributed by atoms with Crippen LogP contribution in [0.2, 0.25) is 0 Å². The molecule has 0 atom stereocenters. The van der Waals surface area contributed by atoms with E-state index in [4.69, 9.17) is 5.11 Å². The van der Waals surface area contributed by atoms with Crippen molar-refractivity contribution in [3.05, 3.63) is 29.2 Å². The molecule has 17 heavy (non-hydrogen) atoms. The summed E-state index contributed by atoms with van der Waals surface area (Å²) in [7, 11) is 0. The highest BCUT2D eigenvalue weighted by atomic mass is 32.2. The molecule has 0 radical (unpaired) electrons. The lowest BCUT2D eigenvalue weighted by Crippen LogP contribution is -1.99. The van der Waals surface area contributed by atoms with Gasteiger partial charge < -0.3 is 5.11 Å². The Labute approximate surface area is 106 Å². The zero-order valence-electron chi connectivity index (χ0n) is 8.95. The molecule has 0 amide bonds. The third-order valence-corrected chi connectivity index (χ3v) is 3.96. The summed E-state index contributed by atoms with van der Waals surface area (Å²) in [6.07, 6.45) is 3.22. The van der Waals surface area contributed by atoms with Crippen molar-refractivity contribution >= 4 is 29.1 Å². The molecular formula is C10H9N3O2S2. The maximum Gasteiger partial charge on any atom is 0.309 e. The SMILES string of the molecule is Cc1nccnc1Sc1nc(CC(=O)O)cs1. The molecule has 0 aliphatic heterocycles. The molecular weight excluding hydrogens is 258 g/mol. The second kappa shape index (κ2) is 5.24. The highest BCUT2D eigenvalue weighted by Crippen LogP contribution is 2.30. The van der Waals surface area contributed by atoms with E-state index in [0.29, 0.717) is 5.69 Å². The van der Waals surface area contributed by atoms with Crippen molar-refractivity contribution in [2.45, 2.75) is 22.7 Å². The summed E-state index contributed by atoms with van der Waals surface area (Å²) in [6.45, 7) is 1.88. The third-order valence-electron chi connectivity index (χ3n) is 1.88. The van der Waals surface area contributed by atoms with Crippen LogP contribution in [0.1, 0.15) is 11.4 Å². The van der Waals surface area contributed by atoms with Crippen LogP contribution in [-0.4, -0.2) is 26.0 Å². The number of thiazole rings is 1. The zero-order chi connectivity index (χ0) is 12.3. The Kier molecular flexibility index (Phi) is 3.70. The first-order chi connectivity index (χ1) is 8.15. The predicted molar refractivity (Wildman–Crippen MR) is 64.3 cm³/mol. The van der Waals surface area contributed by atoms with Crippen LogP contribution in [0.5, 0.6) is 0 Å².